The highest BCUT2D eigenvalue weighted by Gasteiger charge is 2.22. The van der Waals surface area contributed by atoms with Gasteiger partial charge < -0.3 is 21.5 Å². The first kappa shape index (κ1) is 21.4. The summed E-state index contributed by atoms with van der Waals surface area (Å²) in [5.74, 6) is -0.757. The molecule has 0 radical (unpaired) electrons. The summed E-state index contributed by atoms with van der Waals surface area (Å²) in [6.07, 6.45) is 2.63. The van der Waals surface area contributed by atoms with Crippen molar-refractivity contribution in [1.29, 1.82) is 5.41 Å². The summed E-state index contributed by atoms with van der Waals surface area (Å²) in [7, 11) is 2.62. The van der Waals surface area contributed by atoms with E-state index in [0.29, 0.717) is 17.8 Å². The molecule has 160 valence electrons. The first-order valence-corrected chi connectivity index (χ1v) is 9.08. The molecule has 0 aliphatic heterocycles. The van der Waals surface area contributed by atoms with Crippen molar-refractivity contribution >= 4 is 34.8 Å². The van der Waals surface area contributed by atoms with Crippen LogP contribution in [0.25, 0.3) is 0 Å². The fourth-order valence-corrected chi connectivity index (χ4v) is 2.88. The lowest BCUT2D eigenvalue weighted by atomic mass is 10.1. The van der Waals surface area contributed by atoms with Gasteiger partial charge in [0.05, 0.1) is 7.11 Å². The van der Waals surface area contributed by atoms with Gasteiger partial charge in [0.2, 0.25) is 0 Å². The molecule has 1 aromatic carbocycles. The van der Waals surface area contributed by atoms with E-state index in [1.54, 1.807) is 18.5 Å². The number of nitrogen functional groups attached to an aromatic ring is 2. The topological polar surface area (TPSA) is 156 Å². The summed E-state index contributed by atoms with van der Waals surface area (Å²) in [6, 6.07) is 7.59. The van der Waals surface area contributed by atoms with Crippen molar-refractivity contribution in [2.24, 2.45) is 0 Å². The van der Waals surface area contributed by atoms with Crippen molar-refractivity contribution in [2.75, 3.05) is 35.8 Å². The molecule has 31 heavy (non-hydrogen) atoms. The van der Waals surface area contributed by atoms with E-state index in [9.17, 15) is 9.18 Å². The molecule has 0 fully saturated rings. The predicted octanol–water partition coefficient (Wildman–Crippen LogP) is 2.41. The van der Waals surface area contributed by atoms with Gasteiger partial charge in [0.25, 0.3) is 0 Å². The first-order valence-electron chi connectivity index (χ1n) is 9.08. The van der Waals surface area contributed by atoms with E-state index in [1.165, 1.54) is 32.4 Å². The number of anilines is 4. The number of methoxy groups -OCH3 is 1. The number of hydrogen-bond donors (Lipinski definition) is 4. The standard InChI is InChI=1S/C20H21FN8O2/c1-29(20(30)31-2)16-17(23)27-19(28-18(16)24)15(22)13-6-5-12(21)8-14(13)26-10-11-4-3-7-25-9-11/h3-9,22,26H,10H2,1-2H3,(H4,23,24,27,28). The monoisotopic (exact) mass is 424 g/mol. The molecule has 0 aliphatic rings. The van der Waals surface area contributed by atoms with Gasteiger partial charge in [0.1, 0.15) is 17.2 Å². The lowest BCUT2D eigenvalue weighted by Gasteiger charge is -2.19. The SMILES string of the molecule is COC(=O)N(C)c1c(N)nc(C(=N)c2ccc(F)cc2NCc2cccnc2)nc1N. The molecule has 0 atom stereocenters. The van der Waals surface area contributed by atoms with Crippen LogP contribution in [0.2, 0.25) is 0 Å². The maximum Gasteiger partial charge on any atom is 0.413 e. The number of carbonyl (C=O) groups excluding carboxylic acids is 1. The minimum absolute atomic E-state index is 0.0671. The van der Waals surface area contributed by atoms with Gasteiger partial charge in [-0.15, -0.1) is 0 Å². The maximum absolute atomic E-state index is 13.9. The molecule has 0 unspecified atom stereocenters. The number of nitrogens with two attached hydrogens (primary N) is 2. The highest BCUT2D eigenvalue weighted by atomic mass is 19.1. The predicted molar refractivity (Wildman–Crippen MR) is 116 cm³/mol. The van der Waals surface area contributed by atoms with Crippen molar-refractivity contribution in [3.8, 4) is 0 Å². The van der Waals surface area contributed by atoms with Crippen LogP contribution >= 0.6 is 0 Å². The molecule has 3 rings (SSSR count). The quantitative estimate of drug-likeness (QED) is 0.440. The van der Waals surface area contributed by atoms with Crippen LogP contribution in [0.15, 0.2) is 42.7 Å². The first-order chi connectivity index (χ1) is 14.8. The van der Waals surface area contributed by atoms with Gasteiger partial charge in [-0.05, 0) is 29.8 Å². The minimum atomic E-state index is -0.703. The molecule has 0 saturated heterocycles. The summed E-state index contributed by atoms with van der Waals surface area (Å²) >= 11 is 0. The van der Waals surface area contributed by atoms with E-state index >= 15 is 0 Å². The highest BCUT2D eigenvalue weighted by molar-refractivity contribution is 6.12. The third-order valence-corrected chi connectivity index (χ3v) is 4.40. The molecule has 0 aliphatic carbocycles. The number of carbonyl (C=O) groups is 1. The second-order valence-electron chi connectivity index (χ2n) is 6.48. The maximum atomic E-state index is 13.9. The van der Waals surface area contributed by atoms with Crippen LogP contribution in [-0.2, 0) is 11.3 Å². The van der Waals surface area contributed by atoms with Gasteiger partial charge in [-0.25, -0.2) is 19.2 Å². The lowest BCUT2D eigenvalue weighted by Crippen LogP contribution is -2.29. The summed E-state index contributed by atoms with van der Waals surface area (Å²) in [5, 5.41) is 11.6. The molecule has 10 nitrogen and oxygen atoms in total. The van der Waals surface area contributed by atoms with Gasteiger partial charge in [-0.3, -0.25) is 15.3 Å². The van der Waals surface area contributed by atoms with Crippen LogP contribution < -0.4 is 21.7 Å². The number of nitrogens with one attached hydrogen (secondary N) is 2. The number of aromatic nitrogens is 3. The molecule has 0 bridgehead atoms. The Balaban J connectivity index is 1.93. The fourth-order valence-electron chi connectivity index (χ4n) is 2.88. The number of nitrogens with zero attached hydrogens (tertiary/aromatic N) is 4. The van der Waals surface area contributed by atoms with Crippen molar-refractivity contribution in [3.05, 3.63) is 65.5 Å². The van der Waals surface area contributed by atoms with Crippen LogP contribution in [-0.4, -0.2) is 40.9 Å². The van der Waals surface area contributed by atoms with Gasteiger partial charge in [-0.2, -0.15) is 0 Å². The Hall–Kier alpha value is -4.28. The summed E-state index contributed by atoms with van der Waals surface area (Å²) < 4.78 is 18.5. The Bertz CT molecular complexity index is 1100. The minimum Gasteiger partial charge on any atom is -0.452 e. The molecule has 0 spiro atoms. The van der Waals surface area contributed by atoms with E-state index in [1.807, 2.05) is 6.07 Å². The van der Waals surface area contributed by atoms with Crippen LogP contribution in [0.5, 0.6) is 0 Å². The molecule has 2 aromatic heterocycles. The summed E-state index contributed by atoms with van der Waals surface area (Å²) in [5.41, 5.74) is 13.5. The third-order valence-electron chi connectivity index (χ3n) is 4.40. The third kappa shape index (κ3) is 4.66. The molecule has 2 heterocycles. The number of ether oxygens (including phenoxy) is 1. The van der Waals surface area contributed by atoms with Crippen LogP contribution in [0.4, 0.5) is 32.2 Å². The summed E-state index contributed by atoms with van der Waals surface area (Å²) in [4.78, 5) is 25.1. The van der Waals surface area contributed by atoms with E-state index < -0.39 is 11.9 Å². The largest absolute Gasteiger partial charge is 0.452 e. The molecular formula is C20H21FN8O2. The molecule has 0 saturated carbocycles. The van der Waals surface area contributed by atoms with Crippen LogP contribution in [0.3, 0.4) is 0 Å². The van der Waals surface area contributed by atoms with Crippen molar-refractivity contribution < 1.29 is 13.9 Å². The van der Waals surface area contributed by atoms with Crippen molar-refractivity contribution in [3.63, 3.8) is 0 Å². The van der Waals surface area contributed by atoms with Crippen LogP contribution in [0, 0.1) is 11.2 Å². The lowest BCUT2D eigenvalue weighted by molar-refractivity contribution is 0.180. The van der Waals surface area contributed by atoms with Gasteiger partial charge in [-0.1, -0.05) is 6.07 Å². The Morgan fingerprint density at radius 3 is 2.58 bits per heavy atom. The normalized spacial score (nSPS) is 10.4. The Kier molecular flexibility index (Phi) is 6.24. The van der Waals surface area contributed by atoms with Crippen molar-refractivity contribution in [2.45, 2.75) is 6.54 Å². The van der Waals surface area contributed by atoms with E-state index in [0.717, 1.165) is 10.5 Å². The Labute approximate surface area is 177 Å². The zero-order chi connectivity index (χ0) is 22.5. The average molecular weight is 424 g/mol. The molecule has 3 aromatic rings. The number of halogens is 1. The number of hydrogen-bond acceptors (Lipinski definition) is 9. The number of rotatable bonds is 6. The molecule has 11 heteroatoms. The number of pyridine rings is 1. The average Bonchev–Trinajstić information content (AvgIpc) is 2.76. The molecule has 6 N–H and O–H groups in total. The fraction of sp³-hybridized carbons (Fsp3) is 0.150. The second-order valence-corrected chi connectivity index (χ2v) is 6.48. The smallest absolute Gasteiger partial charge is 0.413 e. The van der Waals surface area contributed by atoms with E-state index in [4.69, 9.17) is 16.9 Å². The second kappa shape index (κ2) is 9.03. The Morgan fingerprint density at radius 2 is 1.97 bits per heavy atom. The highest BCUT2D eigenvalue weighted by Crippen LogP contribution is 2.28. The summed E-state index contributed by atoms with van der Waals surface area (Å²) in [6.45, 7) is 0.367. The van der Waals surface area contributed by atoms with Crippen molar-refractivity contribution in [1.82, 2.24) is 15.0 Å². The number of amides is 1. The number of benzene rings is 1. The molecule has 1 amide bonds. The van der Waals surface area contributed by atoms with Gasteiger partial charge >= 0.3 is 6.09 Å². The van der Waals surface area contributed by atoms with Gasteiger partial charge in [0, 0.05) is 37.2 Å². The Morgan fingerprint density at radius 1 is 1.26 bits per heavy atom. The van der Waals surface area contributed by atoms with Gasteiger partial charge in [0.15, 0.2) is 17.5 Å². The van der Waals surface area contributed by atoms with E-state index in [-0.39, 0.29) is 28.9 Å². The zero-order valence-electron chi connectivity index (χ0n) is 16.9. The molecular weight excluding hydrogens is 403 g/mol. The van der Waals surface area contributed by atoms with E-state index in [2.05, 4.69) is 25.0 Å². The zero-order valence-corrected chi connectivity index (χ0v) is 16.9. The van der Waals surface area contributed by atoms with Crippen LogP contribution in [0.1, 0.15) is 17.0 Å².